The van der Waals surface area contributed by atoms with Crippen LogP contribution < -0.4 is 0 Å². The molecule has 1 atom stereocenters. The predicted molar refractivity (Wildman–Crippen MR) is 104 cm³/mol. The molecule has 1 saturated heterocycles. The first-order valence-electron chi connectivity index (χ1n) is 9.11. The van der Waals surface area contributed by atoms with E-state index in [1.165, 1.54) is 5.56 Å². The van der Waals surface area contributed by atoms with Crippen LogP contribution in [0.5, 0.6) is 0 Å². The molecule has 0 spiro atoms. The summed E-state index contributed by atoms with van der Waals surface area (Å²) in [7, 11) is 0. The van der Waals surface area contributed by atoms with Gasteiger partial charge in [-0.2, -0.15) is 0 Å². The lowest BCUT2D eigenvalue weighted by Gasteiger charge is -2.27. The molecule has 1 fully saturated rings. The summed E-state index contributed by atoms with van der Waals surface area (Å²) in [6.45, 7) is 7.37. The van der Waals surface area contributed by atoms with Crippen LogP contribution in [0.1, 0.15) is 17.5 Å². The Bertz CT molecular complexity index is 703. The molecule has 0 saturated carbocycles. The van der Waals surface area contributed by atoms with Crippen LogP contribution in [0.15, 0.2) is 73.3 Å². The number of nitrogens with zero attached hydrogens (tertiary/aromatic N) is 2. The summed E-state index contributed by atoms with van der Waals surface area (Å²) < 4.78 is 5.53. The molecule has 0 N–H and O–H groups in total. The van der Waals surface area contributed by atoms with Gasteiger partial charge in [-0.15, -0.1) is 6.58 Å². The van der Waals surface area contributed by atoms with E-state index in [0.29, 0.717) is 13.2 Å². The molecule has 136 valence electrons. The number of ether oxygens (including phenoxy) is 1. The third kappa shape index (κ3) is 4.96. The fraction of sp³-hybridized carbons (Fsp3) is 0.318. The van der Waals surface area contributed by atoms with Gasteiger partial charge in [0.25, 0.3) is 0 Å². The highest BCUT2D eigenvalue weighted by molar-refractivity contribution is 5.68. The largest absolute Gasteiger partial charge is 0.445 e. The molecule has 2 aromatic carbocycles. The van der Waals surface area contributed by atoms with E-state index in [4.69, 9.17) is 4.74 Å². The number of benzene rings is 2. The van der Waals surface area contributed by atoms with Crippen molar-refractivity contribution >= 4 is 6.09 Å². The van der Waals surface area contributed by atoms with E-state index in [0.717, 1.165) is 31.6 Å². The summed E-state index contributed by atoms with van der Waals surface area (Å²) in [4.78, 5) is 16.8. The molecule has 0 bridgehead atoms. The van der Waals surface area contributed by atoms with Crippen LogP contribution in [-0.2, 0) is 17.9 Å². The Morgan fingerprint density at radius 1 is 1.12 bits per heavy atom. The zero-order chi connectivity index (χ0) is 18.2. The van der Waals surface area contributed by atoms with Crippen LogP contribution in [0.2, 0.25) is 0 Å². The maximum Gasteiger partial charge on any atom is 0.410 e. The number of carbonyl (C=O) groups is 1. The summed E-state index contributed by atoms with van der Waals surface area (Å²) >= 11 is 0. The highest BCUT2D eigenvalue weighted by atomic mass is 16.6. The number of hydrogen-bond donors (Lipinski definition) is 0. The van der Waals surface area contributed by atoms with Crippen LogP contribution in [0, 0.1) is 0 Å². The van der Waals surface area contributed by atoms with Crippen molar-refractivity contribution < 1.29 is 9.53 Å². The van der Waals surface area contributed by atoms with E-state index < -0.39 is 0 Å². The second-order valence-electron chi connectivity index (χ2n) is 6.64. The Labute approximate surface area is 155 Å². The zero-order valence-corrected chi connectivity index (χ0v) is 15.1. The van der Waals surface area contributed by atoms with Gasteiger partial charge in [0.15, 0.2) is 0 Å². The molecule has 2 aromatic rings. The van der Waals surface area contributed by atoms with Crippen LogP contribution in [0.3, 0.4) is 0 Å². The highest BCUT2D eigenvalue weighted by Gasteiger charge is 2.30. The Balaban J connectivity index is 1.55. The van der Waals surface area contributed by atoms with Crippen molar-refractivity contribution in [3.63, 3.8) is 0 Å². The lowest BCUT2D eigenvalue weighted by atomic mass is 10.2. The molecule has 1 aliphatic rings. The minimum atomic E-state index is -0.264. The first kappa shape index (κ1) is 18.2. The molecule has 3 rings (SSSR count). The molecular weight excluding hydrogens is 324 g/mol. The van der Waals surface area contributed by atoms with Gasteiger partial charge in [0.05, 0.1) is 0 Å². The van der Waals surface area contributed by atoms with Crippen molar-refractivity contribution in [3.8, 4) is 0 Å². The van der Waals surface area contributed by atoms with E-state index >= 15 is 0 Å². The molecule has 0 radical (unpaired) electrons. The quantitative estimate of drug-likeness (QED) is 0.705. The Hall–Kier alpha value is -2.59. The summed E-state index contributed by atoms with van der Waals surface area (Å²) in [5.74, 6) is 0. The maximum absolute atomic E-state index is 12.6. The summed E-state index contributed by atoms with van der Waals surface area (Å²) in [5, 5.41) is 0. The predicted octanol–water partition coefficient (Wildman–Crippen LogP) is 4.09. The first-order valence-corrected chi connectivity index (χ1v) is 9.11. The average Bonchev–Trinajstić information content (AvgIpc) is 3.14. The van der Waals surface area contributed by atoms with E-state index in [2.05, 4.69) is 35.7 Å². The van der Waals surface area contributed by atoms with E-state index in [1.807, 2.05) is 36.4 Å². The molecule has 1 heterocycles. The minimum Gasteiger partial charge on any atom is -0.445 e. The van der Waals surface area contributed by atoms with Gasteiger partial charge in [-0.1, -0.05) is 66.7 Å². The van der Waals surface area contributed by atoms with Gasteiger partial charge in [-0.3, -0.25) is 4.90 Å². The van der Waals surface area contributed by atoms with Gasteiger partial charge >= 0.3 is 6.09 Å². The van der Waals surface area contributed by atoms with Gasteiger partial charge in [0, 0.05) is 32.2 Å². The van der Waals surface area contributed by atoms with Crippen molar-refractivity contribution in [2.24, 2.45) is 0 Å². The summed E-state index contributed by atoms with van der Waals surface area (Å²) in [6.07, 6.45) is 2.46. The van der Waals surface area contributed by atoms with Crippen molar-refractivity contribution in [2.45, 2.75) is 25.6 Å². The Kier molecular flexibility index (Phi) is 6.45. The van der Waals surface area contributed by atoms with Crippen molar-refractivity contribution in [3.05, 3.63) is 84.4 Å². The molecular formula is C22H26N2O2. The van der Waals surface area contributed by atoms with Crippen LogP contribution in [0.25, 0.3) is 0 Å². The number of rotatable bonds is 7. The molecule has 1 aliphatic heterocycles. The lowest BCUT2D eigenvalue weighted by molar-refractivity contribution is 0.0858. The van der Waals surface area contributed by atoms with E-state index in [9.17, 15) is 4.79 Å². The fourth-order valence-corrected chi connectivity index (χ4v) is 3.37. The van der Waals surface area contributed by atoms with Crippen molar-refractivity contribution in [1.29, 1.82) is 0 Å². The normalized spacial score (nSPS) is 17.0. The second kappa shape index (κ2) is 9.20. The fourth-order valence-electron chi connectivity index (χ4n) is 3.37. The molecule has 4 heteroatoms. The average molecular weight is 350 g/mol. The monoisotopic (exact) mass is 350 g/mol. The number of carbonyl (C=O) groups excluding carboxylic acids is 1. The van der Waals surface area contributed by atoms with Crippen LogP contribution in [-0.4, -0.2) is 41.6 Å². The number of amides is 1. The summed E-state index contributed by atoms with van der Waals surface area (Å²) in [6, 6.07) is 20.4. The van der Waals surface area contributed by atoms with Crippen LogP contribution >= 0.6 is 0 Å². The second-order valence-corrected chi connectivity index (χ2v) is 6.64. The van der Waals surface area contributed by atoms with E-state index in [1.54, 1.807) is 11.0 Å². The van der Waals surface area contributed by atoms with Crippen molar-refractivity contribution in [2.75, 3.05) is 19.6 Å². The van der Waals surface area contributed by atoms with Gasteiger partial charge < -0.3 is 9.64 Å². The first-order chi connectivity index (χ1) is 12.8. The maximum atomic E-state index is 12.6. The molecule has 0 aromatic heterocycles. The highest BCUT2D eigenvalue weighted by Crippen LogP contribution is 2.19. The summed E-state index contributed by atoms with van der Waals surface area (Å²) in [5.41, 5.74) is 2.30. The smallest absolute Gasteiger partial charge is 0.410 e. The van der Waals surface area contributed by atoms with Gasteiger partial charge in [0.2, 0.25) is 0 Å². The van der Waals surface area contributed by atoms with Gasteiger partial charge in [-0.25, -0.2) is 4.79 Å². The molecule has 4 nitrogen and oxygen atoms in total. The standard InChI is InChI=1S/C22H26N2O2/c1-2-14-24(22(25)26-18-20-11-7-4-8-12-20)21-13-15-23(17-21)16-19-9-5-3-6-10-19/h2-12,21H,1,13-18H2. The molecule has 0 aliphatic carbocycles. The van der Waals surface area contributed by atoms with Crippen LogP contribution in [0.4, 0.5) is 4.79 Å². The molecule has 26 heavy (non-hydrogen) atoms. The molecule has 1 amide bonds. The minimum absolute atomic E-state index is 0.167. The van der Waals surface area contributed by atoms with Gasteiger partial charge in [-0.05, 0) is 17.5 Å². The Morgan fingerprint density at radius 3 is 2.42 bits per heavy atom. The Morgan fingerprint density at radius 2 is 1.77 bits per heavy atom. The van der Waals surface area contributed by atoms with Crippen molar-refractivity contribution in [1.82, 2.24) is 9.80 Å². The van der Waals surface area contributed by atoms with Gasteiger partial charge in [0.1, 0.15) is 6.61 Å². The SMILES string of the molecule is C=CCN(C(=O)OCc1ccccc1)C1CCN(Cc2ccccc2)C1. The molecule has 1 unspecified atom stereocenters. The lowest BCUT2D eigenvalue weighted by Crippen LogP contribution is -2.42. The number of likely N-dealkylation sites (tertiary alicyclic amines) is 1. The third-order valence-electron chi connectivity index (χ3n) is 4.70. The topological polar surface area (TPSA) is 32.8 Å². The van der Waals surface area contributed by atoms with E-state index in [-0.39, 0.29) is 12.1 Å². The third-order valence-corrected chi connectivity index (χ3v) is 4.70. The zero-order valence-electron chi connectivity index (χ0n) is 15.1. The number of hydrogen-bond acceptors (Lipinski definition) is 3.